The molecule has 0 N–H and O–H groups in total. The fourth-order valence-corrected chi connectivity index (χ4v) is 6.89. The van der Waals surface area contributed by atoms with Crippen molar-refractivity contribution in [1.29, 1.82) is 0 Å². The van der Waals surface area contributed by atoms with E-state index in [4.69, 9.17) is 9.47 Å². The van der Waals surface area contributed by atoms with Crippen LogP contribution in [0.5, 0.6) is 0 Å². The largest absolute Gasteiger partial charge is 0.465 e. The number of ether oxygens (including phenoxy) is 2. The zero-order chi connectivity index (χ0) is 32.4. The van der Waals surface area contributed by atoms with Crippen LogP contribution in [0.1, 0.15) is 68.6 Å². The molecule has 0 bridgehead atoms. The number of benzene rings is 2. The van der Waals surface area contributed by atoms with Crippen LogP contribution in [0.4, 0.5) is 9.18 Å². The molecule has 3 aromatic rings. The third-order valence-electron chi connectivity index (χ3n) is 9.49. The van der Waals surface area contributed by atoms with E-state index in [0.717, 1.165) is 40.0 Å². The lowest BCUT2D eigenvalue weighted by Gasteiger charge is -2.37. The van der Waals surface area contributed by atoms with Crippen LogP contribution >= 0.6 is 0 Å². The van der Waals surface area contributed by atoms with Gasteiger partial charge in [-0.05, 0) is 67.3 Å². The van der Waals surface area contributed by atoms with E-state index in [-0.39, 0.29) is 30.3 Å². The Morgan fingerprint density at radius 2 is 1.85 bits per heavy atom. The molecule has 6 rings (SSSR count). The van der Waals surface area contributed by atoms with Gasteiger partial charge in [0.25, 0.3) is 5.91 Å². The number of amides is 3. The first-order chi connectivity index (χ1) is 22.2. The number of aromatic nitrogens is 2. The van der Waals surface area contributed by atoms with Gasteiger partial charge in [0.1, 0.15) is 12.4 Å². The van der Waals surface area contributed by atoms with Crippen LogP contribution in [0.2, 0.25) is 0 Å². The number of rotatable bonds is 10. The third-order valence-corrected chi connectivity index (χ3v) is 9.49. The summed E-state index contributed by atoms with van der Waals surface area (Å²) in [6.07, 6.45) is 7.69. The summed E-state index contributed by atoms with van der Waals surface area (Å²) in [6, 6.07) is 11.4. The third kappa shape index (κ3) is 6.15. The Labute approximate surface area is 267 Å². The van der Waals surface area contributed by atoms with E-state index in [2.05, 4.69) is 5.10 Å². The van der Waals surface area contributed by atoms with Crippen molar-refractivity contribution in [2.45, 2.75) is 76.5 Å². The van der Waals surface area contributed by atoms with Crippen LogP contribution in [-0.2, 0) is 49.5 Å². The van der Waals surface area contributed by atoms with Crippen LogP contribution in [0.3, 0.4) is 0 Å². The van der Waals surface area contributed by atoms with E-state index < -0.39 is 30.1 Å². The molecule has 1 aliphatic heterocycles. The van der Waals surface area contributed by atoms with Crippen molar-refractivity contribution >= 4 is 23.9 Å². The molecule has 2 aliphatic carbocycles. The Kier molecular flexibility index (Phi) is 8.93. The number of fused-ring (bicyclic) bond motifs is 2. The van der Waals surface area contributed by atoms with Crippen LogP contribution in [-0.4, -0.2) is 62.7 Å². The summed E-state index contributed by atoms with van der Waals surface area (Å²) in [5.74, 6) is -1.77. The molecular weight excluding hydrogens is 591 g/mol. The Hall–Kier alpha value is -4.54. The molecule has 1 saturated heterocycles. The molecule has 10 nitrogen and oxygen atoms in total. The standard InChI is InChI=1S/C35H39FN4O6/c1-3-4-17-45-32(42)24-7-12-29(13-8-24)39(20-23-5-10-28(36)11-6-23)31(41)22-40-33(43)35(46-34(40)44)16-15-26-18-25(9-14-30(26)35)27-19-37-38(2)21-27/h5-6,9-11,14,18-19,21,24,29H,3-4,7-8,12-13,15-17,20,22H2,1-2H3. The van der Waals surface area contributed by atoms with E-state index in [1.165, 1.54) is 12.1 Å². The van der Waals surface area contributed by atoms with Gasteiger partial charge in [0.05, 0.1) is 18.7 Å². The Morgan fingerprint density at radius 3 is 2.54 bits per heavy atom. The summed E-state index contributed by atoms with van der Waals surface area (Å²) in [4.78, 5) is 56.2. The lowest BCUT2D eigenvalue weighted by molar-refractivity contribution is -0.150. The summed E-state index contributed by atoms with van der Waals surface area (Å²) in [5.41, 5.74) is 2.71. The van der Waals surface area contributed by atoms with Crippen LogP contribution in [0, 0.1) is 11.7 Å². The maximum Gasteiger partial charge on any atom is 0.418 e. The highest BCUT2D eigenvalue weighted by Gasteiger charge is 2.58. The van der Waals surface area contributed by atoms with E-state index in [1.54, 1.807) is 27.9 Å². The van der Waals surface area contributed by atoms with Crippen LogP contribution < -0.4 is 0 Å². The second kappa shape index (κ2) is 13.1. The fraction of sp³-hybridized carbons (Fsp3) is 0.457. The first-order valence-corrected chi connectivity index (χ1v) is 16.1. The van der Waals surface area contributed by atoms with E-state index in [1.807, 2.05) is 38.4 Å². The van der Waals surface area contributed by atoms with Crippen LogP contribution in [0.15, 0.2) is 54.9 Å². The Balaban J connectivity index is 1.18. The molecule has 2 heterocycles. The monoisotopic (exact) mass is 630 g/mol. The predicted octanol–water partition coefficient (Wildman–Crippen LogP) is 5.28. The molecule has 2 aromatic carbocycles. The first kappa shape index (κ1) is 31.4. The number of halogens is 1. The van der Waals surface area contributed by atoms with Crippen molar-refractivity contribution in [2.75, 3.05) is 13.2 Å². The minimum Gasteiger partial charge on any atom is -0.465 e. The second-order valence-corrected chi connectivity index (χ2v) is 12.5. The number of carbonyl (C=O) groups is 4. The number of hydrogen-bond donors (Lipinski definition) is 0. The summed E-state index contributed by atoms with van der Waals surface area (Å²) in [7, 11) is 1.84. The van der Waals surface area contributed by atoms with Crippen molar-refractivity contribution in [3.05, 3.63) is 77.4 Å². The zero-order valence-electron chi connectivity index (χ0n) is 26.2. The Morgan fingerprint density at radius 1 is 1.09 bits per heavy atom. The number of esters is 1. The summed E-state index contributed by atoms with van der Waals surface area (Å²) in [6.45, 7) is 2.15. The molecule has 242 valence electrons. The van der Waals surface area contributed by atoms with Crippen molar-refractivity contribution in [1.82, 2.24) is 19.6 Å². The quantitative estimate of drug-likeness (QED) is 0.222. The van der Waals surface area contributed by atoms with Gasteiger partial charge < -0.3 is 14.4 Å². The van der Waals surface area contributed by atoms with Gasteiger partial charge in [-0.25, -0.2) is 14.1 Å². The summed E-state index contributed by atoms with van der Waals surface area (Å²) in [5, 5.41) is 4.23. The Bertz CT molecular complexity index is 1630. The zero-order valence-corrected chi connectivity index (χ0v) is 26.2. The predicted molar refractivity (Wildman–Crippen MR) is 165 cm³/mol. The van der Waals surface area contributed by atoms with Gasteiger partial charge in [-0.1, -0.05) is 43.7 Å². The highest BCUT2D eigenvalue weighted by molar-refractivity contribution is 6.06. The normalized spacial score (nSPS) is 22.2. The minimum absolute atomic E-state index is 0.178. The summed E-state index contributed by atoms with van der Waals surface area (Å²) >= 11 is 0. The number of aryl methyl sites for hydroxylation is 2. The van der Waals surface area contributed by atoms with E-state index in [0.29, 0.717) is 50.7 Å². The molecule has 3 aliphatic rings. The highest BCUT2D eigenvalue weighted by Crippen LogP contribution is 2.46. The van der Waals surface area contributed by atoms with E-state index >= 15 is 0 Å². The van der Waals surface area contributed by atoms with Crippen molar-refractivity contribution in [3.63, 3.8) is 0 Å². The molecule has 46 heavy (non-hydrogen) atoms. The van der Waals surface area contributed by atoms with Gasteiger partial charge in [-0.3, -0.25) is 19.1 Å². The fourth-order valence-electron chi connectivity index (χ4n) is 6.89. The SMILES string of the molecule is CCCCOC(=O)C1CCC(N(Cc2ccc(F)cc2)C(=O)CN2C(=O)OC3(CCc4cc(-c5cnn(C)c5)ccc43)C2=O)CC1. The summed E-state index contributed by atoms with van der Waals surface area (Å²) < 4.78 is 26.6. The molecule has 11 heteroatoms. The average Bonchev–Trinajstić information content (AvgIpc) is 3.72. The van der Waals surface area contributed by atoms with Crippen LogP contribution in [0.25, 0.3) is 11.1 Å². The average molecular weight is 631 g/mol. The number of carbonyl (C=O) groups excluding carboxylic acids is 4. The topological polar surface area (TPSA) is 111 Å². The maximum atomic E-state index is 14.0. The van der Waals surface area contributed by atoms with Crippen molar-refractivity contribution in [3.8, 4) is 11.1 Å². The first-order valence-electron chi connectivity index (χ1n) is 16.1. The van der Waals surface area contributed by atoms with Crippen molar-refractivity contribution < 1.29 is 33.0 Å². The van der Waals surface area contributed by atoms with Gasteiger partial charge in [0.15, 0.2) is 0 Å². The molecular formula is C35H39FN4O6. The van der Waals surface area contributed by atoms with E-state index in [9.17, 15) is 23.6 Å². The smallest absolute Gasteiger partial charge is 0.418 e. The van der Waals surface area contributed by atoms with Gasteiger partial charge >= 0.3 is 12.1 Å². The molecule has 1 atom stereocenters. The lowest BCUT2D eigenvalue weighted by Crippen LogP contribution is -2.48. The molecule has 2 fully saturated rings. The lowest BCUT2D eigenvalue weighted by atomic mass is 9.85. The number of imide groups is 1. The number of unbranched alkanes of at least 4 members (excludes halogenated alkanes) is 1. The highest BCUT2D eigenvalue weighted by atomic mass is 19.1. The molecule has 0 radical (unpaired) electrons. The van der Waals surface area contributed by atoms with Gasteiger partial charge in [0.2, 0.25) is 11.5 Å². The van der Waals surface area contributed by atoms with Gasteiger partial charge in [-0.15, -0.1) is 0 Å². The molecule has 1 spiro atoms. The second-order valence-electron chi connectivity index (χ2n) is 12.5. The van der Waals surface area contributed by atoms with Gasteiger partial charge in [0, 0.05) is 43.4 Å². The van der Waals surface area contributed by atoms with Crippen molar-refractivity contribution in [2.24, 2.45) is 13.0 Å². The number of hydrogen-bond acceptors (Lipinski definition) is 7. The molecule has 1 unspecified atom stereocenters. The van der Waals surface area contributed by atoms with Gasteiger partial charge in [-0.2, -0.15) is 5.10 Å². The molecule has 3 amide bonds. The molecule has 1 saturated carbocycles. The maximum absolute atomic E-state index is 14.0. The molecule has 1 aromatic heterocycles. The minimum atomic E-state index is -1.46. The number of nitrogens with zero attached hydrogens (tertiary/aromatic N) is 4.